The minimum absolute atomic E-state index is 0.0949. The summed E-state index contributed by atoms with van der Waals surface area (Å²) in [4.78, 5) is 10.8. The van der Waals surface area contributed by atoms with Gasteiger partial charge in [-0.3, -0.25) is 4.79 Å². The van der Waals surface area contributed by atoms with E-state index in [4.69, 9.17) is 18.1 Å². The molecule has 0 bridgehead atoms. The fourth-order valence-electron chi connectivity index (χ4n) is 0.544. The van der Waals surface area contributed by atoms with Gasteiger partial charge in [0.25, 0.3) is 5.91 Å². The molecule has 1 aliphatic heterocycles. The van der Waals surface area contributed by atoms with Crippen molar-refractivity contribution in [2.75, 3.05) is 0 Å². The number of hydrazine groups is 1. The van der Waals surface area contributed by atoms with E-state index in [2.05, 4.69) is 0 Å². The Morgan fingerprint density at radius 1 is 1.89 bits per heavy atom. The molecule has 0 saturated carbocycles. The number of thiocarbonyl (C=S) groups is 1. The monoisotopic (exact) mass is 162 g/mol. The van der Waals surface area contributed by atoms with Crippen LogP contribution in [0.2, 0.25) is 0 Å². The van der Waals surface area contributed by atoms with Crippen LogP contribution < -0.4 is 5.84 Å². The van der Waals surface area contributed by atoms with Crippen molar-refractivity contribution in [1.29, 1.82) is 0 Å². The second-order valence-electron chi connectivity index (χ2n) is 1.73. The molecule has 9 heavy (non-hydrogen) atoms. The topological polar surface area (TPSA) is 46.3 Å². The molecule has 1 saturated heterocycles. The molecule has 0 aromatic carbocycles. The molecule has 0 aromatic heterocycles. The van der Waals surface area contributed by atoms with Gasteiger partial charge in [-0.1, -0.05) is 24.0 Å². The first kappa shape index (κ1) is 6.98. The van der Waals surface area contributed by atoms with Crippen LogP contribution in [0.25, 0.3) is 0 Å². The Bertz CT molecular complexity index is 170. The fraction of sp³-hybridized carbons (Fsp3) is 0.500. The van der Waals surface area contributed by atoms with E-state index in [1.165, 1.54) is 11.8 Å². The standard InChI is InChI=1S/C4H6N2OS2/c1-2-3(7)6(5)4(8)9-2/h2H,5H2,1H3/t2-/m0/s1. The minimum Gasteiger partial charge on any atom is -0.272 e. The number of amides is 1. The van der Waals surface area contributed by atoms with Gasteiger partial charge in [-0.2, -0.15) is 0 Å². The lowest BCUT2D eigenvalue weighted by Gasteiger charge is -2.03. The van der Waals surface area contributed by atoms with Gasteiger partial charge >= 0.3 is 0 Å². The lowest BCUT2D eigenvalue weighted by Crippen LogP contribution is -2.36. The number of carbonyl (C=O) groups excluding carboxylic acids is 1. The molecule has 1 heterocycles. The van der Waals surface area contributed by atoms with Crippen molar-refractivity contribution in [2.24, 2.45) is 5.84 Å². The number of rotatable bonds is 0. The van der Waals surface area contributed by atoms with Crippen molar-refractivity contribution < 1.29 is 4.79 Å². The quantitative estimate of drug-likeness (QED) is 0.312. The van der Waals surface area contributed by atoms with Gasteiger partial charge < -0.3 is 0 Å². The van der Waals surface area contributed by atoms with E-state index in [0.717, 1.165) is 5.01 Å². The van der Waals surface area contributed by atoms with E-state index in [9.17, 15) is 4.79 Å². The summed E-state index contributed by atoms with van der Waals surface area (Å²) in [5.74, 6) is 5.13. The minimum atomic E-state index is -0.106. The van der Waals surface area contributed by atoms with Crippen LogP contribution in [0, 0.1) is 0 Å². The average Bonchev–Trinajstić information content (AvgIpc) is 1.98. The van der Waals surface area contributed by atoms with Gasteiger partial charge in [0.1, 0.15) is 0 Å². The molecule has 1 atom stereocenters. The molecule has 2 N–H and O–H groups in total. The van der Waals surface area contributed by atoms with Crippen LogP contribution >= 0.6 is 24.0 Å². The van der Waals surface area contributed by atoms with E-state index >= 15 is 0 Å². The smallest absolute Gasteiger partial charge is 0.255 e. The summed E-state index contributed by atoms with van der Waals surface area (Å²) >= 11 is 6.06. The summed E-state index contributed by atoms with van der Waals surface area (Å²) < 4.78 is 0.465. The highest BCUT2D eigenvalue weighted by molar-refractivity contribution is 8.24. The Labute approximate surface area is 62.5 Å². The Hall–Kier alpha value is -0.130. The molecule has 3 nitrogen and oxygen atoms in total. The molecule has 0 aromatic rings. The van der Waals surface area contributed by atoms with Gasteiger partial charge in [0.2, 0.25) is 0 Å². The Morgan fingerprint density at radius 2 is 2.44 bits per heavy atom. The third kappa shape index (κ3) is 1.08. The molecule has 1 rings (SSSR count). The lowest BCUT2D eigenvalue weighted by molar-refractivity contribution is -0.125. The third-order valence-corrected chi connectivity index (χ3v) is 2.50. The predicted molar refractivity (Wildman–Crippen MR) is 40.7 cm³/mol. The van der Waals surface area contributed by atoms with Crippen LogP contribution in [-0.2, 0) is 4.79 Å². The van der Waals surface area contributed by atoms with Crippen molar-refractivity contribution in [2.45, 2.75) is 12.2 Å². The summed E-state index contributed by atoms with van der Waals surface area (Å²) in [6.45, 7) is 1.78. The third-order valence-electron chi connectivity index (χ3n) is 1.06. The summed E-state index contributed by atoms with van der Waals surface area (Å²) in [5, 5.41) is 0.924. The molecular formula is C4H6N2OS2. The number of nitrogens with zero attached hydrogens (tertiary/aromatic N) is 1. The second-order valence-corrected chi connectivity index (χ2v) is 3.71. The molecule has 0 spiro atoms. The number of carbonyl (C=O) groups is 1. The molecule has 0 aliphatic carbocycles. The number of hydrogen-bond donors (Lipinski definition) is 1. The van der Waals surface area contributed by atoms with E-state index in [0.29, 0.717) is 4.32 Å². The first-order valence-corrected chi connectivity index (χ1v) is 3.71. The maximum Gasteiger partial charge on any atom is 0.255 e. The molecule has 1 amide bonds. The predicted octanol–water partition coefficient (Wildman–Crippen LogP) is 0.109. The highest BCUT2D eigenvalue weighted by Crippen LogP contribution is 2.23. The first-order valence-electron chi connectivity index (χ1n) is 2.42. The zero-order valence-corrected chi connectivity index (χ0v) is 6.46. The Balaban J connectivity index is 2.77. The van der Waals surface area contributed by atoms with Crippen molar-refractivity contribution in [3.63, 3.8) is 0 Å². The van der Waals surface area contributed by atoms with Crippen molar-refractivity contribution in [1.82, 2.24) is 5.01 Å². The molecule has 1 fully saturated rings. The summed E-state index contributed by atoms with van der Waals surface area (Å²) in [6, 6.07) is 0. The summed E-state index contributed by atoms with van der Waals surface area (Å²) in [7, 11) is 0. The van der Waals surface area contributed by atoms with Crippen LogP contribution in [0.15, 0.2) is 0 Å². The van der Waals surface area contributed by atoms with Crippen LogP contribution in [0.3, 0.4) is 0 Å². The van der Waals surface area contributed by atoms with E-state index < -0.39 is 0 Å². The lowest BCUT2D eigenvalue weighted by atomic mass is 10.4. The van der Waals surface area contributed by atoms with Gasteiger partial charge in [0, 0.05) is 0 Å². The van der Waals surface area contributed by atoms with Crippen LogP contribution in [-0.4, -0.2) is 20.5 Å². The van der Waals surface area contributed by atoms with Crippen LogP contribution in [0.4, 0.5) is 0 Å². The Kier molecular flexibility index (Phi) is 1.74. The average molecular weight is 162 g/mol. The van der Waals surface area contributed by atoms with Gasteiger partial charge in [-0.25, -0.2) is 10.9 Å². The van der Waals surface area contributed by atoms with Crippen molar-refractivity contribution in [3.8, 4) is 0 Å². The van der Waals surface area contributed by atoms with Crippen molar-refractivity contribution in [3.05, 3.63) is 0 Å². The van der Waals surface area contributed by atoms with E-state index in [1.54, 1.807) is 6.92 Å². The van der Waals surface area contributed by atoms with Crippen LogP contribution in [0.5, 0.6) is 0 Å². The molecule has 0 radical (unpaired) electrons. The maximum atomic E-state index is 10.8. The summed E-state index contributed by atoms with van der Waals surface area (Å²) in [6.07, 6.45) is 0. The number of thioether (sulfide) groups is 1. The van der Waals surface area contributed by atoms with Gasteiger partial charge in [0.05, 0.1) is 5.25 Å². The molecule has 0 unspecified atom stereocenters. The van der Waals surface area contributed by atoms with Gasteiger partial charge in [-0.15, -0.1) is 0 Å². The van der Waals surface area contributed by atoms with Crippen LogP contribution in [0.1, 0.15) is 6.92 Å². The van der Waals surface area contributed by atoms with Gasteiger partial charge in [0.15, 0.2) is 4.32 Å². The van der Waals surface area contributed by atoms with E-state index in [-0.39, 0.29) is 11.2 Å². The Morgan fingerprint density at radius 3 is 2.56 bits per heavy atom. The molecule has 50 valence electrons. The highest BCUT2D eigenvalue weighted by Gasteiger charge is 2.31. The normalized spacial score (nSPS) is 27.8. The second kappa shape index (κ2) is 2.24. The summed E-state index contributed by atoms with van der Waals surface area (Å²) in [5.41, 5.74) is 0. The zero-order valence-electron chi connectivity index (χ0n) is 4.83. The van der Waals surface area contributed by atoms with Crippen molar-refractivity contribution >= 4 is 34.2 Å². The molecule has 5 heteroatoms. The number of hydrogen-bond acceptors (Lipinski definition) is 4. The SMILES string of the molecule is C[C@@H]1SC(=S)N(N)C1=O. The van der Waals surface area contributed by atoms with Gasteiger partial charge in [-0.05, 0) is 6.92 Å². The molecule has 1 aliphatic rings. The molecular weight excluding hydrogens is 156 g/mol. The largest absolute Gasteiger partial charge is 0.272 e. The highest BCUT2D eigenvalue weighted by atomic mass is 32.2. The zero-order chi connectivity index (χ0) is 7.02. The first-order chi connectivity index (χ1) is 4.13. The number of nitrogens with two attached hydrogens (primary N) is 1. The van der Waals surface area contributed by atoms with E-state index in [1.807, 2.05) is 0 Å². The fourth-order valence-corrected chi connectivity index (χ4v) is 1.79. The maximum absolute atomic E-state index is 10.8.